The molecule has 0 amide bonds. The Morgan fingerprint density at radius 3 is 1.90 bits per heavy atom. The molecular weight excluding hydrogens is 310 g/mol. The van der Waals surface area contributed by atoms with E-state index in [1.54, 1.807) is 0 Å². The number of nitrogens with two attached hydrogens (primary N) is 1. The zero-order chi connectivity index (χ0) is 14.5. The van der Waals surface area contributed by atoms with Crippen molar-refractivity contribution in [3.05, 3.63) is 69.7 Å². The molecule has 2 aromatic rings. The van der Waals surface area contributed by atoms with Crippen LogP contribution in [0.5, 0.6) is 0 Å². The average molecular weight is 332 g/mol. The maximum atomic E-state index is 6.30. The highest BCUT2D eigenvalue weighted by Crippen LogP contribution is 2.19. The van der Waals surface area contributed by atoms with Gasteiger partial charge in [-0.25, -0.2) is 0 Å². The Morgan fingerprint density at radius 1 is 0.850 bits per heavy atom. The highest BCUT2D eigenvalue weighted by atomic mass is 79.9. The fraction of sp³-hybridized carbons (Fsp3) is 0.333. The topological polar surface area (TPSA) is 26.0 Å². The van der Waals surface area contributed by atoms with Gasteiger partial charge in [0.25, 0.3) is 0 Å². The molecule has 20 heavy (non-hydrogen) atoms. The lowest BCUT2D eigenvalue weighted by molar-refractivity contribution is 0.646. The van der Waals surface area contributed by atoms with E-state index in [1.807, 2.05) is 0 Å². The summed E-state index contributed by atoms with van der Waals surface area (Å²) in [6, 6.07) is 17.2. The van der Waals surface area contributed by atoms with Crippen LogP contribution in [0.1, 0.15) is 36.6 Å². The summed E-state index contributed by atoms with van der Waals surface area (Å²) in [4.78, 5) is 0. The molecule has 0 radical (unpaired) electrons. The van der Waals surface area contributed by atoms with Crippen molar-refractivity contribution >= 4 is 15.9 Å². The molecule has 1 atom stereocenters. The zero-order valence-corrected chi connectivity index (χ0v) is 13.7. The van der Waals surface area contributed by atoms with E-state index in [-0.39, 0.29) is 6.04 Å². The maximum absolute atomic E-state index is 6.30. The van der Waals surface area contributed by atoms with Gasteiger partial charge in [-0.2, -0.15) is 0 Å². The summed E-state index contributed by atoms with van der Waals surface area (Å²) < 4.78 is 1.10. The van der Waals surface area contributed by atoms with E-state index in [2.05, 4.69) is 78.3 Å². The number of hydrogen-bond acceptors (Lipinski definition) is 1. The van der Waals surface area contributed by atoms with Crippen LogP contribution in [0.3, 0.4) is 0 Å². The predicted octanol–water partition coefficient (Wildman–Crippen LogP) is 4.89. The Kier molecular flexibility index (Phi) is 5.38. The van der Waals surface area contributed by atoms with E-state index in [4.69, 9.17) is 5.73 Å². The van der Waals surface area contributed by atoms with E-state index in [1.165, 1.54) is 16.7 Å². The molecule has 0 saturated carbocycles. The Labute approximate surface area is 130 Å². The second kappa shape index (κ2) is 7.05. The third kappa shape index (κ3) is 4.46. The monoisotopic (exact) mass is 331 g/mol. The molecule has 0 bridgehead atoms. The molecule has 2 heteroatoms. The SMILES string of the molecule is CC(C)Cc1ccc(C(N)Cc2ccc(Br)cc2)cc1. The van der Waals surface area contributed by atoms with Gasteiger partial charge in [0.2, 0.25) is 0 Å². The molecule has 0 spiro atoms. The van der Waals surface area contributed by atoms with Crippen molar-refractivity contribution in [1.82, 2.24) is 0 Å². The van der Waals surface area contributed by atoms with E-state index in [0.717, 1.165) is 17.3 Å². The van der Waals surface area contributed by atoms with Crippen molar-refractivity contribution in [3.63, 3.8) is 0 Å². The lowest BCUT2D eigenvalue weighted by atomic mass is 9.96. The lowest BCUT2D eigenvalue weighted by Gasteiger charge is -2.13. The van der Waals surface area contributed by atoms with Gasteiger partial charge >= 0.3 is 0 Å². The van der Waals surface area contributed by atoms with E-state index in [9.17, 15) is 0 Å². The van der Waals surface area contributed by atoms with Gasteiger partial charge < -0.3 is 5.73 Å². The van der Waals surface area contributed by atoms with Crippen molar-refractivity contribution in [2.24, 2.45) is 11.7 Å². The first-order valence-corrected chi connectivity index (χ1v) is 7.93. The van der Waals surface area contributed by atoms with Crippen molar-refractivity contribution < 1.29 is 0 Å². The first kappa shape index (κ1) is 15.3. The number of rotatable bonds is 5. The number of benzene rings is 2. The molecule has 0 saturated heterocycles. The van der Waals surface area contributed by atoms with Crippen LogP contribution in [0.15, 0.2) is 53.0 Å². The summed E-state index contributed by atoms with van der Waals surface area (Å²) in [5.74, 6) is 0.692. The minimum Gasteiger partial charge on any atom is -0.324 e. The third-order valence-electron chi connectivity index (χ3n) is 3.42. The fourth-order valence-electron chi connectivity index (χ4n) is 2.36. The molecular formula is C18H22BrN. The van der Waals surface area contributed by atoms with Gasteiger partial charge in [-0.3, -0.25) is 0 Å². The van der Waals surface area contributed by atoms with Gasteiger partial charge in [0.1, 0.15) is 0 Å². The van der Waals surface area contributed by atoms with Crippen LogP contribution in [0, 0.1) is 5.92 Å². The van der Waals surface area contributed by atoms with Crippen LogP contribution >= 0.6 is 15.9 Å². The summed E-state index contributed by atoms with van der Waals surface area (Å²) in [7, 11) is 0. The highest BCUT2D eigenvalue weighted by Gasteiger charge is 2.07. The molecule has 0 heterocycles. The Balaban J connectivity index is 2.01. The van der Waals surface area contributed by atoms with Crippen LogP contribution < -0.4 is 5.73 Å². The fourth-order valence-corrected chi connectivity index (χ4v) is 2.63. The van der Waals surface area contributed by atoms with Crippen LogP contribution in [0.4, 0.5) is 0 Å². The van der Waals surface area contributed by atoms with Crippen LogP contribution in [-0.4, -0.2) is 0 Å². The zero-order valence-electron chi connectivity index (χ0n) is 12.1. The highest BCUT2D eigenvalue weighted by molar-refractivity contribution is 9.10. The van der Waals surface area contributed by atoms with Crippen molar-refractivity contribution in [2.45, 2.75) is 32.7 Å². The van der Waals surface area contributed by atoms with Gasteiger partial charge in [0.15, 0.2) is 0 Å². The third-order valence-corrected chi connectivity index (χ3v) is 3.95. The summed E-state index contributed by atoms with van der Waals surface area (Å²) in [5.41, 5.74) is 10.2. The first-order chi connectivity index (χ1) is 9.54. The number of halogens is 1. The predicted molar refractivity (Wildman–Crippen MR) is 89.8 cm³/mol. The van der Waals surface area contributed by atoms with Gasteiger partial charge in [-0.05, 0) is 47.6 Å². The van der Waals surface area contributed by atoms with Crippen LogP contribution in [0.2, 0.25) is 0 Å². The minimum absolute atomic E-state index is 0.0595. The molecule has 0 aromatic heterocycles. The molecule has 0 aliphatic carbocycles. The second-order valence-electron chi connectivity index (χ2n) is 5.78. The first-order valence-electron chi connectivity index (χ1n) is 7.13. The van der Waals surface area contributed by atoms with Gasteiger partial charge in [0.05, 0.1) is 0 Å². The Hall–Kier alpha value is -1.12. The molecule has 106 valence electrons. The molecule has 2 rings (SSSR count). The van der Waals surface area contributed by atoms with E-state index in [0.29, 0.717) is 5.92 Å². The standard InChI is InChI=1S/C18H22BrN/c1-13(2)11-14-3-7-16(8-4-14)18(20)12-15-5-9-17(19)10-6-15/h3-10,13,18H,11-12,20H2,1-2H3. The molecule has 1 unspecified atom stereocenters. The van der Waals surface area contributed by atoms with E-state index < -0.39 is 0 Å². The summed E-state index contributed by atoms with van der Waals surface area (Å²) in [6.45, 7) is 4.49. The van der Waals surface area contributed by atoms with E-state index >= 15 is 0 Å². The lowest BCUT2D eigenvalue weighted by Crippen LogP contribution is -2.13. The van der Waals surface area contributed by atoms with Crippen LogP contribution in [0.25, 0.3) is 0 Å². The van der Waals surface area contributed by atoms with Crippen molar-refractivity contribution in [3.8, 4) is 0 Å². The minimum atomic E-state index is 0.0595. The summed E-state index contributed by atoms with van der Waals surface area (Å²) in [5, 5.41) is 0. The molecule has 0 aliphatic rings. The summed E-state index contributed by atoms with van der Waals surface area (Å²) >= 11 is 3.45. The number of hydrogen-bond donors (Lipinski definition) is 1. The Morgan fingerprint density at radius 2 is 1.35 bits per heavy atom. The van der Waals surface area contributed by atoms with Crippen molar-refractivity contribution in [1.29, 1.82) is 0 Å². The normalized spacial score (nSPS) is 12.7. The van der Waals surface area contributed by atoms with Crippen molar-refractivity contribution in [2.75, 3.05) is 0 Å². The molecule has 0 aliphatic heterocycles. The maximum Gasteiger partial charge on any atom is 0.0335 e. The largest absolute Gasteiger partial charge is 0.324 e. The average Bonchev–Trinajstić information content (AvgIpc) is 2.41. The van der Waals surface area contributed by atoms with Crippen LogP contribution in [-0.2, 0) is 12.8 Å². The Bertz CT molecular complexity index is 528. The van der Waals surface area contributed by atoms with Gasteiger partial charge in [-0.15, -0.1) is 0 Å². The molecule has 0 fully saturated rings. The van der Waals surface area contributed by atoms with Gasteiger partial charge in [-0.1, -0.05) is 66.2 Å². The van der Waals surface area contributed by atoms with Gasteiger partial charge in [0, 0.05) is 10.5 Å². The smallest absolute Gasteiger partial charge is 0.0335 e. The molecule has 1 nitrogen and oxygen atoms in total. The second-order valence-corrected chi connectivity index (χ2v) is 6.69. The summed E-state index contributed by atoms with van der Waals surface area (Å²) in [6.07, 6.45) is 2.00. The quantitative estimate of drug-likeness (QED) is 0.829. The molecule has 2 N–H and O–H groups in total. The molecule has 2 aromatic carbocycles.